The summed E-state index contributed by atoms with van der Waals surface area (Å²) in [5.74, 6) is -0.353. The van der Waals surface area contributed by atoms with Gasteiger partial charge in [0.25, 0.3) is 0 Å². The van der Waals surface area contributed by atoms with E-state index in [9.17, 15) is 8.60 Å². The van der Waals surface area contributed by atoms with Gasteiger partial charge < -0.3 is 4.55 Å². The molecule has 5 heteroatoms. The van der Waals surface area contributed by atoms with Gasteiger partial charge in [0.1, 0.15) is 5.82 Å². The molecule has 0 radical (unpaired) electrons. The van der Waals surface area contributed by atoms with Gasteiger partial charge in [-0.05, 0) is 46.5 Å². The number of rotatable bonds is 2. The van der Waals surface area contributed by atoms with Crippen LogP contribution in [-0.2, 0) is 15.8 Å². The van der Waals surface area contributed by atoms with Gasteiger partial charge in [-0.1, -0.05) is 6.07 Å². The molecule has 2 rings (SSSR count). The molecule has 14 heavy (non-hydrogen) atoms. The molecule has 1 N–H and O–H groups in total. The molecular weight excluding hydrogens is 271 g/mol. The molecule has 1 aliphatic carbocycles. The molecule has 1 aromatic carbocycles. The third-order valence-electron chi connectivity index (χ3n) is 2.48. The lowest BCUT2D eigenvalue weighted by atomic mass is 10.1. The number of halogens is 2. The van der Waals surface area contributed by atoms with Crippen molar-refractivity contribution in [3.05, 3.63) is 34.1 Å². The van der Waals surface area contributed by atoms with E-state index in [4.69, 9.17) is 4.55 Å². The molecule has 76 valence electrons. The molecule has 1 fully saturated rings. The van der Waals surface area contributed by atoms with Gasteiger partial charge in [0.2, 0.25) is 0 Å². The van der Waals surface area contributed by atoms with Gasteiger partial charge in [0, 0.05) is 0 Å². The smallest absolute Gasteiger partial charge is 0.163 e. The quantitative estimate of drug-likeness (QED) is 0.845. The summed E-state index contributed by atoms with van der Waals surface area (Å²) in [7, 11) is 0. The molecule has 0 saturated heterocycles. The van der Waals surface area contributed by atoms with E-state index in [1.165, 1.54) is 6.07 Å². The van der Waals surface area contributed by atoms with Gasteiger partial charge >= 0.3 is 0 Å². The Morgan fingerprint density at radius 1 is 1.50 bits per heavy atom. The van der Waals surface area contributed by atoms with E-state index in [0.29, 0.717) is 17.3 Å². The van der Waals surface area contributed by atoms with E-state index in [2.05, 4.69) is 15.9 Å². The van der Waals surface area contributed by atoms with Crippen molar-refractivity contribution in [2.75, 3.05) is 0 Å². The summed E-state index contributed by atoms with van der Waals surface area (Å²) in [5, 5.41) is 0. The van der Waals surface area contributed by atoms with E-state index in [-0.39, 0.29) is 5.82 Å². The van der Waals surface area contributed by atoms with Crippen LogP contribution in [0.15, 0.2) is 22.7 Å². The molecule has 0 heterocycles. The van der Waals surface area contributed by atoms with Gasteiger partial charge in [-0.25, -0.2) is 8.60 Å². The molecule has 1 atom stereocenters. The summed E-state index contributed by atoms with van der Waals surface area (Å²) < 4.78 is 32.8. The van der Waals surface area contributed by atoms with Gasteiger partial charge in [0.15, 0.2) is 11.1 Å². The average Bonchev–Trinajstić information content (AvgIpc) is 2.90. The Kier molecular flexibility index (Phi) is 2.49. The van der Waals surface area contributed by atoms with Gasteiger partial charge in [0.05, 0.1) is 9.22 Å². The van der Waals surface area contributed by atoms with Crippen molar-refractivity contribution in [2.24, 2.45) is 0 Å². The monoisotopic (exact) mass is 278 g/mol. The lowest BCUT2D eigenvalue weighted by molar-refractivity contribution is 0.546. The minimum absolute atomic E-state index is 0.340. The molecule has 0 aliphatic heterocycles. The highest BCUT2D eigenvalue weighted by Gasteiger charge is 2.50. The highest BCUT2D eigenvalue weighted by atomic mass is 79.9. The Hall–Kier alpha value is -0.260. The van der Waals surface area contributed by atoms with Crippen LogP contribution >= 0.6 is 15.9 Å². The first-order chi connectivity index (χ1) is 6.56. The molecule has 1 aromatic rings. The van der Waals surface area contributed by atoms with Crippen molar-refractivity contribution < 1.29 is 13.2 Å². The number of hydrogen-bond acceptors (Lipinski definition) is 1. The second-order valence-electron chi connectivity index (χ2n) is 3.37. The molecular formula is C9H8BrFO2S. The predicted molar refractivity (Wildman–Crippen MR) is 55.8 cm³/mol. The zero-order valence-corrected chi connectivity index (χ0v) is 9.57. The summed E-state index contributed by atoms with van der Waals surface area (Å²) in [6.07, 6.45) is 1.38. The maximum atomic E-state index is 12.9. The number of hydrogen-bond donors (Lipinski definition) is 1. The van der Waals surface area contributed by atoms with E-state index in [1.807, 2.05) is 0 Å². The second-order valence-corrected chi connectivity index (χ2v) is 5.51. The van der Waals surface area contributed by atoms with Crippen molar-refractivity contribution in [3.63, 3.8) is 0 Å². The van der Waals surface area contributed by atoms with E-state index in [1.54, 1.807) is 12.1 Å². The maximum absolute atomic E-state index is 12.9. The lowest BCUT2D eigenvalue weighted by Gasteiger charge is -2.11. The molecule has 1 unspecified atom stereocenters. The molecule has 1 aliphatic rings. The SMILES string of the molecule is O=S(O)C1(c2ccc(F)c(Br)c2)CC1. The van der Waals surface area contributed by atoms with Crippen LogP contribution in [0.4, 0.5) is 4.39 Å². The lowest BCUT2D eigenvalue weighted by Crippen LogP contribution is -2.13. The largest absolute Gasteiger partial charge is 0.305 e. The third kappa shape index (κ3) is 1.53. The summed E-state index contributed by atoms with van der Waals surface area (Å²) in [5.41, 5.74) is 0.728. The van der Waals surface area contributed by atoms with Crippen molar-refractivity contribution in [2.45, 2.75) is 17.6 Å². The molecule has 0 amide bonds. The standard InChI is InChI=1S/C9H8BrFO2S/c10-7-5-6(1-2-8(7)11)9(3-4-9)14(12)13/h1-2,5H,3-4H2,(H,12,13). The van der Waals surface area contributed by atoms with Gasteiger partial charge in [-0.3, -0.25) is 0 Å². The Morgan fingerprint density at radius 2 is 2.14 bits per heavy atom. The van der Waals surface area contributed by atoms with Crippen LogP contribution in [0.3, 0.4) is 0 Å². The van der Waals surface area contributed by atoms with Crippen LogP contribution in [-0.4, -0.2) is 8.76 Å². The summed E-state index contributed by atoms with van der Waals surface area (Å²) in [6, 6.07) is 4.46. The van der Waals surface area contributed by atoms with Gasteiger partial charge in [-0.2, -0.15) is 0 Å². The minimum Gasteiger partial charge on any atom is -0.305 e. The summed E-state index contributed by atoms with van der Waals surface area (Å²) in [6.45, 7) is 0. The Labute approximate surface area is 91.9 Å². The minimum atomic E-state index is -1.87. The molecule has 0 aromatic heterocycles. The molecule has 0 bridgehead atoms. The maximum Gasteiger partial charge on any atom is 0.163 e. The van der Waals surface area contributed by atoms with Crippen LogP contribution in [0.25, 0.3) is 0 Å². The van der Waals surface area contributed by atoms with Crippen molar-refractivity contribution >= 4 is 27.0 Å². The van der Waals surface area contributed by atoms with Crippen LogP contribution < -0.4 is 0 Å². The van der Waals surface area contributed by atoms with E-state index >= 15 is 0 Å². The first-order valence-electron chi connectivity index (χ1n) is 4.13. The zero-order chi connectivity index (χ0) is 10.3. The van der Waals surface area contributed by atoms with Crippen molar-refractivity contribution in [1.82, 2.24) is 0 Å². The summed E-state index contributed by atoms with van der Waals surface area (Å²) in [4.78, 5) is 0. The van der Waals surface area contributed by atoms with Crippen LogP contribution in [0.1, 0.15) is 18.4 Å². The number of benzene rings is 1. The average molecular weight is 279 g/mol. The van der Waals surface area contributed by atoms with Crippen LogP contribution in [0.2, 0.25) is 0 Å². The Morgan fingerprint density at radius 3 is 2.57 bits per heavy atom. The first kappa shape index (κ1) is 10.3. The Bertz CT molecular complexity index is 404. The fourth-order valence-corrected chi connectivity index (χ4v) is 2.62. The van der Waals surface area contributed by atoms with Gasteiger partial charge in [-0.15, -0.1) is 0 Å². The highest BCUT2D eigenvalue weighted by Crippen LogP contribution is 2.50. The predicted octanol–water partition coefficient (Wildman–Crippen LogP) is 2.80. The zero-order valence-electron chi connectivity index (χ0n) is 7.17. The fraction of sp³-hybridized carbons (Fsp3) is 0.333. The first-order valence-corrected chi connectivity index (χ1v) is 6.03. The van der Waals surface area contributed by atoms with Crippen molar-refractivity contribution in [1.29, 1.82) is 0 Å². The van der Waals surface area contributed by atoms with Crippen LogP contribution in [0.5, 0.6) is 0 Å². The second kappa shape index (κ2) is 3.40. The van der Waals surface area contributed by atoms with Crippen LogP contribution in [0, 0.1) is 5.82 Å². The Balaban J connectivity index is 2.43. The highest BCUT2D eigenvalue weighted by molar-refractivity contribution is 9.10. The van der Waals surface area contributed by atoms with Crippen molar-refractivity contribution in [3.8, 4) is 0 Å². The van der Waals surface area contributed by atoms with E-state index < -0.39 is 15.8 Å². The molecule has 2 nitrogen and oxygen atoms in total. The van der Waals surface area contributed by atoms with E-state index in [0.717, 1.165) is 5.56 Å². The molecule has 1 saturated carbocycles. The third-order valence-corrected chi connectivity index (χ3v) is 4.40. The summed E-state index contributed by atoms with van der Waals surface area (Å²) >= 11 is 1.19. The molecule has 0 spiro atoms. The topological polar surface area (TPSA) is 37.3 Å². The fourth-order valence-electron chi connectivity index (χ4n) is 1.46. The normalized spacial score (nSPS) is 20.5.